The summed E-state index contributed by atoms with van der Waals surface area (Å²) in [7, 11) is -2.50. The number of nitrogens with zero attached hydrogens (tertiary/aromatic N) is 1. The topological polar surface area (TPSA) is 113 Å². The van der Waals surface area contributed by atoms with Crippen molar-refractivity contribution in [3.05, 3.63) is 36.2 Å². The number of carbonyl (C=O) groups is 1. The lowest BCUT2D eigenvalue weighted by atomic mass is 10.3. The zero-order chi connectivity index (χ0) is 15.5. The summed E-state index contributed by atoms with van der Waals surface area (Å²) in [6, 6.07) is 6.25. The van der Waals surface area contributed by atoms with Crippen LogP contribution in [-0.2, 0) is 14.8 Å². The van der Waals surface area contributed by atoms with E-state index in [1.54, 1.807) is 25.1 Å². The summed E-state index contributed by atoms with van der Waals surface area (Å²) < 4.78 is 31.3. The number of benzene rings is 1. The van der Waals surface area contributed by atoms with E-state index >= 15 is 0 Å². The number of hydrogen-bond acceptors (Lipinski definition) is 5. The Labute approximate surface area is 121 Å². The normalized spacial score (nSPS) is 11.0. The molecule has 9 heteroatoms. The molecule has 0 bridgehead atoms. The quantitative estimate of drug-likeness (QED) is 0.795. The number of amides is 1. The van der Waals surface area contributed by atoms with Gasteiger partial charge in [-0.15, -0.1) is 0 Å². The molecule has 112 valence electrons. The zero-order valence-electron chi connectivity index (χ0n) is 11.4. The first-order chi connectivity index (χ1) is 9.92. The van der Waals surface area contributed by atoms with Crippen LogP contribution in [0.4, 0.5) is 16.2 Å². The van der Waals surface area contributed by atoms with E-state index in [-0.39, 0.29) is 4.90 Å². The number of anilines is 2. The fraction of sp³-hybridized carbons (Fsp3) is 0.167. The molecule has 3 N–H and O–H groups in total. The van der Waals surface area contributed by atoms with Crippen LogP contribution < -0.4 is 10.0 Å². The summed E-state index contributed by atoms with van der Waals surface area (Å²) in [6.45, 7) is 1.61. The number of hydrogen-bond donors (Lipinski definition) is 3. The molecule has 21 heavy (non-hydrogen) atoms. The third-order valence-electron chi connectivity index (χ3n) is 2.62. The molecule has 0 saturated heterocycles. The van der Waals surface area contributed by atoms with Gasteiger partial charge in [0.15, 0.2) is 0 Å². The van der Waals surface area contributed by atoms with E-state index in [0.29, 0.717) is 17.1 Å². The number of ether oxygens (including phenoxy) is 1. The second-order valence-corrected chi connectivity index (χ2v) is 5.81. The van der Waals surface area contributed by atoms with Crippen molar-refractivity contribution >= 4 is 27.5 Å². The van der Waals surface area contributed by atoms with Gasteiger partial charge >= 0.3 is 6.09 Å². The van der Waals surface area contributed by atoms with Gasteiger partial charge in [0.25, 0.3) is 10.0 Å². The van der Waals surface area contributed by atoms with E-state index in [9.17, 15) is 13.2 Å². The van der Waals surface area contributed by atoms with Crippen molar-refractivity contribution in [2.45, 2.75) is 11.8 Å². The average molecular weight is 310 g/mol. The third kappa shape index (κ3) is 3.51. The molecule has 0 unspecified atom stereocenters. The van der Waals surface area contributed by atoms with Crippen molar-refractivity contribution in [2.75, 3.05) is 17.1 Å². The van der Waals surface area contributed by atoms with E-state index in [2.05, 4.69) is 25.0 Å². The molecule has 0 aliphatic rings. The molecule has 0 saturated carbocycles. The molecule has 2 rings (SSSR count). The monoisotopic (exact) mass is 310 g/mol. The number of carbonyl (C=O) groups excluding carboxylic acids is 1. The van der Waals surface area contributed by atoms with E-state index in [4.69, 9.17) is 0 Å². The Balaban J connectivity index is 2.22. The van der Waals surface area contributed by atoms with Gasteiger partial charge in [-0.25, -0.2) is 13.2 Å². The summed E-state index contributed by atoms with van der Waals surface area (Å²) >= 11 is 0. The van der Waals surface area contributed by atoms with Crippen LogP contribution in [0.25, 0.3) is 0 Å². The smallest absolute Gasteiger partial charge is 0.411 e. The largest absolute Gasteiger partial charge is 0.453 e. The zero-order valence-corrected chi connectivity index (χ0v) is 12.2. The summed E-state index contributed by atoms with van der Waals surface area (Å²) in [5, 5.41) is 8.69. The van der Waals surface area contributed by atoms with Crippen molar-refractivity contribution in [3.63, 3.8) is 0 Å². The van der Waals surface area contributed by atoms with Crippen LogP contribution in [0.15, 0.2) is 35.4 Å². The van der Waals surface area contributed by atoms with E-state index < -0.39 is 16.1 Å². The van der Waals surface area contributed by atoms with Gasteiger partial charge in [0.05, 0.1) is 24.7 Å². The van der Waals surface area contributed by atoms with Crippen molar-refractivity contribution in [3.8, 4) is 0 Å². The minimum atomic E-state index is -3.74. The van der Waals surface area contributed by atoms with Gasteiger partial charge in [0.1, 0.15) is 4.90 Å². The van der Waals surface area contributed by atoms with Gasteiger partial charge in [-0.3, -0.25) is 15.1 Å². The minimum Gasteiger partial charge on any atom is -0.453 e. The Morgan fingerprint density at radius 3 is 2.67 bits per heavy atom. The minimum absolute atomic E-state index is 0.0637. The molecule has 0 radical (unpaired) electrons. The Bertz CT molecular complexity index is 754. The first-order valence-electron chi connectivity index (χ1n) is 5.90. The molecule has 2 aromatic rings. The molecular formula is C12H14N4O4S. The number of methoxy groups -OCH3 is 1. The SMILES string of the molecule is COC(=O)Nc1cccc(NS(=O)(=O)c2cn[nH]c2C)c1. The maximum Gasteiger partial charge on any atom is 0.411 e. The highest BCUT2D eigenvalue weighted by Gasteiger charge is 2.18. The molecule has 8 nitrogen and oxygen atoms in total. The summed E-state index contributed by atoms with van der Waals surface area (Å²) in [6.07, 6.45) is 0.592. The number of aromatic nitrogens is 2. The number of nitrogens with one attached hydrogen (secondary N) is 3. The second kappa shape index (κ2) is 5.83. The maximum absolute atomic E-state index is 12.2. The van der Waals surface area contributed by atoms with E-state index in [1.807, 2.05) is 0 Å². The van der Waals surface area contributed by atoms with Crippen LogP contribution in [0.3, 0.4) is 0 Å². The van der Waals surface area contributed by atoms with Gasteiger partial charge in [0, 0.05) is 5.69 Å². The lowest BCUT2D eigenvalue weighted by molar-refractivity contribution is 0.187. The van der Waals surface area contributed by atoms with Crippen molar-refractivity contribution in [1.29, 1.82) is 0 Å². The summed E-state index contributed by atoms with van der Waals surface area (Å²) in [5.74, 6) is 0. The van der Waals surface area contributed by atoms with Crippen molar-refractivity contribution in [1.82, 2.24) is 10.2 Å². The Morgan fingerprint density at radius 2 is 2.05 bits per heavy atom. The standard InChI is InChI=1S/C12H14N4O4S/c1-8-11(7-13-15-8)21(18,19)16-10-5-3-4-9(6-10)14-12(17)20-2/h3-7,16H,1-2H3,(H,13,15)(H,14,17). The van der Waals surface area contributed by atoms with E-state index in [0.717, 1.165) is 0 Å². The van der Waals surface area contributed by atoms with Crippen LogP contribution in [0.5, 0.6) is 0 Å². The van der Waals surface area contributed by atoms with Crippen LogP contribution in [0.1, 0.15) is 5.69 Å². The number of rotatable bonds is 4. The van der Waals surface area contributed by atoms with Crippen LogP contribution in [0.2, 0.25) is 0 Å². The third-order valence-corrected chi connectivity index (χ3v) is 4.11. The first-order valence-corrected chi connectivity index (χ1v) is 7.38. The number of H-pyrrole nitrogens is 1. The fourth-order valence-corrected chi connectivity index (χ4v) is 2.84. The molecule has 0 aliphatic heterocycles. The first kappa shape index (κ1) is 14.9. The van der Waals surface area contributed by atoms with Crippen LogP contribution in [0, 0.1) is 6.92 Å². The van der Waals surface area contributed by atoms with Gasteiger partial charge < -0.3 is 4.74 Å². The fourth-order valence-electron chi connectivity index (χ4n) is 1.65. The number of sulfonamides is 1. The number of aromatic amines is 1. The summed E-state index contributed by atoms with van der Waals surface area (Å²) in [4.78, 5) is 11.2. The molecule has 0 spiro atoms. The van der Waals surface area contributed by atoms with Crippen LogP contribution >= 0.6 is 0 Å². The Hall–Kier alpha value is -2.55. The van der Waals surface area contributed by atoms with Crippen molar-refractivity contribution in [2.24, 2.45) is 0 Å². The highest BCUT2D eigenvalue weighted by atomic mass is 32.2. The molecular weight excluding hydrogens is 296 g/mol. The Morgan fingerprint density at radius 1 is 1.33 bits per heavy atom. The molecule has 1 aromatic heterocycles. The molecule has 1 aromatic carbocycles. The van der Waals surface area contributed by atoms with Gasteiger partial charge in [-0.2, -0.15) is 5.10 Å². The average Bonchev–Trinajstić information content (AvgIpc) is 2.85. The summed E-state index contributed by atoms with van der Waals surface area (Å²) in [5.41, 5.74) is 1.15. The second-order valence-electron chi connectivity index (χ2n) is 4.16. The van der Waals surface area contributed by atoms with Gasteiger partial charge in [-0.1, -0.05) is 6.07 Å². The van der Waals surface area contributed by atoms with Crippen LogP contribution in [-0.4, -0.2) is 31.8 Å². The molecule has 0 fully saturated rings. The molecule has 0 aliphatic carbocycles. The molecule has 0 atom stereocenters. The van der Waals surface area contributed by atoms with Gasteiger partial charge in [-0.05, 0) is 25.1 Å². The maximum atomic E-state index is 12.2. The van der Waals surface area contributed by atoms with E-state index in [1.165, 1.54) is 19.4 Å². The predicted octanol–water partition coefficient (Wildman–Crippen LogP) is 1.70. The highest BCUT2D eigenvalue weighted by Crippen LogP contribution is 2.20. The van der Waals surface area contributed by atoms with Gasteiger partial charge in [0.2, 0.25) is 0 Å². The lowest BCUT2D eigenvalue weighted by Gasteiger charge is -2.09. The molecule has 1 heterocycles. The highest BCUT2D eigenvalue weighted by molar-refractivity contribution is 7.92. The Kier molecular flexibility index (Phi) is 4.13. The predicted molar refractivity (Wildman–Crippen MR) is 76.6 cm³/mol. The molecule has 1 amide bonds. The lowest BCUT2D eigenvalue weighted by Crippen LogP contribution is -2.14. The number of aryl methyl sites for hydroxylation is 1. The van der Waals surface area contributed by atoms with Crippen molar-refractivity contribution < 1.29 is 17.9 Å².